The van der Waals surface area contributed by atoms with Crippen LogP contribution in [0.2, 0.25) is 0 Å². The molecule has 2 N–H and O–H groups in total. The van der Waals surface area contributed by atoms with E-state index in [2.05, 4.69) is 10.3 Å². The SMILES string of the molecule is COc1cccc(/C=C2\CCn3c2nc2cc(NC(=O)/C=C\C(=O)O)ccc2c3=O)c1. The second-order valence-corrected chi connectivity index (χ2v) is 6.98. The number of fused-ring (bicyclic) bond motifs is 2. The molecule has 0 saturated carbocycles. The van der Waals surface area contributed by atoms with Gasteiger partial charge in [-0.15, -0.1) is 0 Å². The highest BCUT2D eigenvalue weighted by atomic mass is 16.5. The van der Waals surface area contributed by atoms with Crippen molar-refractivity contribution in [1.29, 1.82) is 0 Å². The number of amides is 1. The van der Waals surface area contributed by atoms with Crippen molar-refractivity contribution in [2.24, 2.45) is 0 Å². The van der Waals surface area contributed by atoms with Crippen molar-refractivity contribution in [3.63, 3.8) is 0 Å². The molecule has 0 fully saturated rings. The molecule has 1 aromatic heterocycles. The monoisotopic (exact) mass is 417 g/mol. The average Bonchev–Trinajstić information content (AvgIpc) is 3.15. The zero-order valence-electron chi connectivity index (χ0n) is 16.7. The van der Waals surface area contributed by atoms with E-state index in [0.717, 1.165) is 29.0 Å². The van der Waals surface area contributed by atoms with Gasteiger partial charge in [-0.05, 0) is 54.0 Å². The number of rotatable bonds is 5. The minimum absolute atomic E-state index is 0.141. The summed E-state index contributed by atoms with van der Waals surface area (Å²) in [4.78, 5) is 40.0. The van der Waals surface area contributed by atoms with Crippen molar-refractivity contribution in [2.75, 3.05) is 12.4 Å². The van der Waals surface area contributed by atoms with Gasteiger partial charge in [0.05, 0.1) is 18.0 Å². The number of benzene rings is 2. The first-order chi connectivity index (χ1) is 14.9. The van der Waals surface area contributed by atoms with Gasteiger partial charge >= 0.3 is 5.97 Å². The van der Waals surface area contributed by atoms with Crippen molar-refractivity contribution in [1.82, 2.24) is 9.55 Å². The average molecular weight is 417 g/mol. The van der Waals surface area contributed by atoms with E-state index in [-0.39, 0.29) is 5.56 Å². The number of nitrogens with zero attached hydrogens (tertiary/aromatic N) is 2. The van der Waals surface area contributed by atoms with Crippen molar-refractivity contribution < 1.29 is 19.4 Å². The van der Waals surface area contributed by atoms with Crippen LogP contribution in [0.4, 0.5) is 5.69 Å². The van der Waals surface area contributed by atoms with Crippen LogP contribution in [0.5, 0.6) is 5.75 Å². The lowest BCUT2D eigenvalue weighted by atomic mass is 10.1. The summed E-state index contributed by atoms with van der Waals surface area (Å²) in [6.45, 7) is 0.547. The molecule has 8 nitrogen and oxygen atoms in total. The molecule has 1 amide bonds. The van der Waals surface area contributed by atoms with Gasteiger partial charge in [0, 0.05) is 24.4 Å². The largest absolute Gasteiger partial charge is 0.497 e. The van der Waals surface area contributed by atoms with Crippen LogP contribution >= 0.6 is 0 Å². The highest BCUT2D eigenvalue weighted by Crippen LogP contribution is 2.29. The predicted molar refractivity (Wildman–Crippen MR) is 117 cm³/mol. The van der Waals surface area contributed by atoms with E-state index in [9.17, 15) is 14.4 Å². The first kappa shape index (κ1) is 20.1. The molecule has 2 aromatic carbocycles. The van der Waals surface area contributed by atoms with Crippen molar-refractivity contribution >= 4 is 40.1 Å². The molecule has 2 heterocycles. The molecule has 31 heavy (non-hydrogen) atoms. The van der Waals surface area contributed by atoms with Gasteiger partial charge in [0.2, 0.25) is 5.91 Å². The second-order valence-electron chi connectivity index (χ2n) is 6.98. The number of anilines is 1. The summed E-state index contributed by atoms with van der Waals surface area (Å²) in [7, 11) is 1.61. The lowest BCUT2D eigenvalue weighted by Gasteiger charge is -2.08. The summed E-state index contributed by atoms with van der Waals surface area (Å²) in [6.07, 6.45) is 4.34. The number of hydrogen-bond acceptors (Lipinski definition) is 5. The van der Waals surface area contributed by atoms with Gasteiger partial charge < -0.3 is 15.2 Å². The van der Waals surface area contributed by atoms with Gasteiger partial charge in [-0.25, -0.2) is 9.78 Å². The first-order valence-corrected chi connectivity index (χ1v) is 9.56. The van der Waals surface area contributed by atoms with Gasteiger partial charge in [-0.2, -0.15) is 0 Å². The fourth-order valence-corrected chi connectivity index (χ4v) is 3.50. The maximum Gasteiger partial charge on any atom is 0.328 e. The van der Waals surface area contributed by atoms with Crippen LogP contribution in [-0.2, 0) is 16.1 Å². The smallest absolute Gasteiger partial charge is 0.328 e. The fourth-order valence-electron chi connectivity index (χ4n) is 3.50. The molecule has 0 atom stereocenters. The molecule has 4 rings (SSSR count). The molecule has 0 aliphatic carbocycles. The molecule has 156 valence electrons. The number of carboxylic acid groups (broad SMARTS) is 1. The summed E-state index contributed by atoms with van der Waals surface area (Å²) >= 11 is 0. The summed E-state index contributed by atoms with van der Waals surface area (Å²) < 4.78 is 6.92. The van der Waals surface area contributed by atoms with E-state index < -0.39 is 11.9 Å². The van der Waals surface area contributed by atoms with E-state index in [1.54, 1.807) is 29.9 Å². The maximum absolute atomic E-state index is 12.9. The predicted octanol–water partition coefficient (Wildman–Crippen LogP) is 2.93. The summed E-state index contributed by atoms with van der Waals surface area (Å²) in [6, 6.07) is 12.4. The van der Waals surface area contributed by atoms with Crippen LogP contribution in [0.25, 0.3) is 22.6 Å². The number of aromatic nitrogens is 2. The van der Waals surface area contributed by atoms with E-state index in [0.29, 0.717) is 35.4 Å². The summed E-state index contributed by atoms with van der Waals surface area (Å²) in [5, 5.41) is 11.6. The number of allylic oxidation sites excluding steroid dienone is 1. The van der Waals surface area contributed by atoms with Crippen molar-refractivity contribution in [2.45, 2.75) is 13.0 Å². The molecular formula is C23H19N3O5. The number of nitrogens with one attached hydrogen (secondary N) is 1. The van der Waals surface area contributed by atoms with Crippen LogP contribution in [0.3, 0.4) is 0 Å². The van der Waals surface area contributed by atoms with Gasteiger partial charge in [-0.3, -0.25) is 14.2 Å². The minimum Gasteiger partial charge on any atom is -0.497 e. The lowest BCUT2D eigenvalue weighted by Crippen LogP contribution is -2.21. The zero-order chi connectivity index (χ0) is 22.0. The molecule has 0 spiro atoms. The normalized spacial score (nSPS) is 14.2. The highest BCUT2D eigenvalue weighted by molar-refractivity contribution is 6.03. The molecule has 0 unspecified atom stereocenters. The third-order valence-electron chi connectivity index (χ3n) is 4.93. The van der Waals surface area contributed by atoms with Gasteiger partial charge in [0.15, 0.2) is 0 Å². The molecule has 0 saturated heterocycles. The minimum atomic E-state index is -1.21. The number of ether oxygens (including phenoxy) is 1. The molecular weight excluding hydrogens is 398 g/mol. The Bertz CT molecular complexity index is 1320. The number of carbonyl (C=O) groups excluding carboxylic acids is 1. The number of hydrogen-bond donors (Lipinski definition) is 2. The first-order valence-electron chi connectivity index (χ1n) is 9.56. The van der Waals surface area contributed by atoms with Crippen LogP contribution in [0, 0.1) is 0 Å². The second kappa shape index (κ2) is 8.27. The van der Waals surface area contributed by atoms with E-state index >= 15 is 0 Å². The summed E-state index contributed by atoms with van der Waals surface area (Å²) in [5.41, 5.74) is 2.61. The Hall–Kier alpha value is -4.20. The maximum atomic E-state index is 12.9. The Morgan fingerprint density at radius 3 is 2.81 bits per heavy atom. The summed E-state index contributed by atoms with van der Waals surface area (Å²) in [5.74, 6) is -0.462. The van der Waals surface area contributed by atoms with E-state index in [1.165, 1.54) is 0 Å². The van der Waals surface area contributed by atoms with Crippen LogP contribution in [-0.4, -0.2) is 33.6 Å². The van der Waals surface area contributed by atoms with E-state index in [1.807, 2.05) is 30.3 Å². The van der Waals surface area contributed by atoms with Crippen LogP contribution in [0.1, 0.15) is 17.8 Å². The molecule has 3 aromatic rings. The molecule has 8 heteroatoms. The van der Waals surface area contributed by atoms with Crippen molar-refractivity contribution in [3.8, 4) is 5.75 Å². The Morgan fingerprint density at radius 1 is 1.19 bits per heavy atom. The number of carboxylic acids is 1. The Balaban J connectivity index is 1.71. The third-order valence-corrected chi connectivity index (χ3v) is 4.93. The standard InChI is InChI=1S/C23H19N3O5/c1-31-17-4-2-3-14(12-17)11-15-9-10-26-22(15)25-19-13-16(5-6-18(19)23(26)30)24-20(27)7-8-21(28)29/h2-8,11-13H,9-10H2,1H3,(H,24,27)(H,28,29)/b8-7-,15-11+. The number of methoxy groups -OCH3 is 1. The number of aliphatic carboxylic acids is 1. The Kier molecular flexibility index (Phi) is 5.36. The Morgan fingerprint density at radius 2 is 2.03 bits per heavy atom. The topological polar surface area (TPSA) is 111 Å². The fraction of sp³-hybridized carbons (Fsp3) is 0.130. The molecule has 1 aliphatic rings. The Labute approximate surface area is 177 Å². The van der Waals surface area contributed by atoms with Gasteiger partial charge in [0.25, 0.3) is 5.56 Å². The van der Waals surface area contributed by atoms with Crippen LogP contribution < -0.4 is 15.6 Å². The lowest BCUT2D eigenvalue weighted by molar-refractivity contribution is -0.131. The molecule has 0 radical (unpaired) electrons. The van der Waals surface area contributed by atoms with E-state index in [4.69, 9.17) is 9.84 Å². The van der Waals surface area contributed by atoms with Crippen LogP contribution in [0.15, 0.2) is 59.4 Å². The van der Waals surface area contributed by atoms with Gasteiger partial charge in [0.1, 0.15) is 11.6 Å². The highest BCUT2D eigenvalue weighted by Gasteiger charge is 2.21. The third kappa shape index (κ3) is 4.23. The quantitative estimate of drug-likeness (QED) is 0.618. The van der Waals surface area contributed by atoms with Crippen molar-refractivity contribution in [3.05, 3.63) is 76.4 Å². The number of carbonyl (C=O) groups is 2. The zero-order valence-corrected chi connectivity index (χ0v) is 16.7. The van der Waals surface area contributed by atoms with Gasteiger partial charge in [-0.1, -0.05) is 12.1 Å². The molecule has 0 bridgehead atoms. The molecule has 1 aliphatic heterocycles.